The maximum Gasteiger partial charge on any atom is 0.311 e. The normalized spacial score (nSPS) is 44.6. The van der Waals surface area contributed by atoms with Crippen LogP contribution in [0.2, 0.25) is 0 Å². The Labute approximate surface area is 390 Å². The molecule has 4 heterocycles. The first-order valence-electron chi connectivity index (χ1n) is 24.2. The fourth-order valence-electron chi connectivity index (χ4n) is 10.6. The summed E-state index contributed by atoms with van der Waals surface area (Å²) in [6, 6.07) is -0.269. The summed E-state index contributed by atoms with van der Waals surface area (Å²) < 4.78 is 58.3. The lowest BCUT2D eigenvalue weighted by Gasteiger charge is -2.50. The number of carbonyl (C=O) groups excluding carboxylic acids is 1. The summed E-state index contributed by atoms with van der Waals surface area (Å²) in [4.78, 5) is 24.7. The molecule has 0 bridgehead atoms. The Balaban J connectivity index is 1.85. The van der Waals surface area contributed by atoms with Crippen LogP contribution in [0.3, 0.4) is 0 Å². The van der Waals surface area contributed by atoms with Crippen molar-refractivity contribution in [3.05, 3.63) is 0 Å². The molecule has 0 aromatic rings. The summed E-state index contributed by atoms with van der Waals surface area (Å²) in [5.41, 5.74) is -3.44. The molecule has 0 saturated carbocycles. The average molecular weight is 932 g/mol. The number of ether oxygens (including phenoxy) is 9. The predicted octanol–water partition coefficient (Wildman–Crippen LogP) is 4.40. The van der Waals surface area contributed by atoms with Crippen molar-refractivity contribution in [2.45, 2.75) is 205 Å². The molecule has 4 rings (SSSR count). The molecule has 4 aliphatic heterocycles. The fraction of sp³-hybridized carbons (Fsp3) is 0.958. The monoisotopic (exact) mass is 932 g/mol. The van der Waals surface area contributed by atoms with E-state index >= 15 is 0 Å². The largest absolute Gasteiger partial charge is 0.459 e. The molecule has 4 fully saturated rings. The molecule has 65 heavy (non-hydrogen) atoms. The van der Waals surface area contributed by atoms with Crippen LogP contribution in [0.4, 0.5) is 0 Å². The Morgan fingerprint density at radius 2 is 1.55 bits per heavy atom. The van der Waals surface area contributed by atoms with Gasteiger partial charge >= 0.3 is 5.97 Å². The van der Waals surface area contributed by atoms with E-state index in [-0.39, 0.29) is 44.1 Å². The van der Waals surface area contributed by atoms with Crippen molar-refractivity contribution in [1.82, 2.24) is 9.80 Å². The molecule has 0 aromatic carbocycles. The lowest BCUT2D eigenvalue weighted by atomic mass is 9.73. The summed E-state index contributed by atoms with van der Waals surface area (Å²) in [5.74, 6) is -3.50. The third kappa shape index (κ3) is 13.8. The standard InChI is InChI=1S/C48H89N3O14/c1-17-36-48(10,55)41(53)30(4)38(49-60-27-34-20-18-22-58-34)28(2)25-46(8,56-15)42(65-45-39(52)35(51(13)14)24-29(3)61-45)31(5)40(32(6)44(54)63-36)64-37-26-47(9,57-16)43(33(7)62-37)59-23-19-21-50(11)12/h28-37,39-43,45,52-53,55H,17-27H2,1-16H3/b49-38+/t28-,29?,30+,31+,32-,33?,34?,35?,36-,37?,39?,40+,41-,42-,43?,45?,46-,47?,48-/m1/s1. The van der Waals surface area contributed by atoms with Gasteiger partial charge < -0.3 is 72.6 Å². The third-order valence-corrected chi connectivity index (χ3v) is 14.8. The smallest absolute Gasteiger partial charge is 0.311 e. The van der Waals surface area contributed by atoms with Gasteiger partial charge in [-0.2, -0.15) is 0 Å². The number of aliphatic hydroxyl groups excluding tert-OH is 2. The van der Waals surface area contributed by atoms with Crippen molar-refractivity contribution < 1.29 is 67.6 Å². The minimum Gasteiger partial charge on any atom is -0.459 e. The van der Waals surface area contributed by atoms with Gasteiger partial charge in [0, 0.05) is 57.6 Å². The van der Waals surface area contributed by atoms with Crippen LogP contribution in [0.5, 0.6) is 0 Å². The Morgan fingerprint density at radius 3 is 2.14 bits per heavy atom. The molecule has 9 unspecified atom stereocenters. The van der Waals surface area contributed by atoms with Crippen molar-refractivity contribution in [1.29, 1.82) is 0 Å². The molecule has 0 amide bonds. The Hall–Kier alpha value is -1.58. The second-order valence-corrected chi connectivity index (χ2v) is 20.7. The number of nitrogens with zero attached hydrogens (tertiary/aromatic N) is 3. The minimum absolute atomic E-state index is 0.109. The van der Waals surface area contributed by atoms with Gasteiger partial charge in [-0.15, -0.1) is 0 Å². The van der Waals surface area contributed by atoms with E-state index in [1.165, 1.54) is 6.92 Å². The molecule has 0 aliphatic carbocycles. The van der Waals surface area contributed by atoms with E-state index in [0.29, 0.717) is 25.3 Å². The minimum atomic E-state index is -1.90. The summed E-state index contributed by atoms with van der Waals surface area (Å²) in [7, 11) is 11.1. The van der Waals surface area contributed by atoms with Gasteiger partial charge in [0.15, 0.2) is 12.6 Å². The van der Waals surface area contributed by atoms with Crippen molar-refractivity contribution in [3.63, 3.8) is 0 Å². The molecule has 3 N–H and O–H groups in total. The highest BCUT2D eigenvalue weighted by Crippen LogP contribution is 2.42. The number of cyclic esters (lactones) is 1. The summed E-state index contributed by atoms with van der Waals surface area (Å²) in [5, 5.41) is 40.8. The number of rotatable bonds is 16. The fourth-order valence-corrected chi connectivity index (χ4v) is 10.6. The van der Waals surface area contributed by atoms with E-state index in [2.05, 4.69) is 10.1 Å². The van der Waals surface area contributed by atoms with Crippen molar-refractivity contribution >= 4 is 11.7 Å². The second kappa shape index (κ2) is 24.3. The molecule has 380 valence electrons. The van der Waals surface area contributed by atoms with Crippen LogP contribution in [0.15, 0.2) is 5.16 Å². The molecule has 17 nitrogen and oxygen atoms in total. The highest BCUT2D eigenvalue weighted by Gasteiger charge is 2.54. The molecule has 0 aromatic heterocycles. The number of esters is 1. The Morgan fingerprint density at radius 1 is 0.892 bits per heavy atom. The van der Waals surface area contributed by atoms with E-state index in [1.54, 1.807) is 35.0 Å². The lowest BCUT2D eigenvalue weighted by molar-refractivity contribution is -0.322. The maximum atomic E-state index is 14.7. The number of carbonyl (C=O) groups is 1. The number of oxime groups is 1. The topological polar surface area (TPSA) is 189 Å². The van der Waals surface area contributed by atoms with Crippen LogP contribution in [0.25, 0.3) is 0 Å². The Kier molecular flexibility index (Phi) is 20.9. The molecule has 4 aliphatic rings. The van der Waals surface area contributed by atoms with E-state index in [1.807, 2.05) is 74.6 Å². The SMILES string of the molecule is CC[C@H]1OC(=O)[C@H](C)[C@@H](OC2CC(C)(OC)C(OCCCN(C)C)C(C)O2)[C@H](C)[C@@H](OC2OC(C)CC(N(C)C)C2O)[C@](C)(OC)C[C@@H](C)/C(=N\OCC2CCCO2)[C@H](C)[C@@H](O)[C@]1(C)O. The molecule has 19 atom stereocenters. The van der Waals surface area contributed by atoms with Gasteiger partial charge in [0.1, 0.15) is 30.5 Å². The van der Waals surface area contributed by atoms with E-state index in [9.17, 15) is 20.1 Å². The molecular weight excluding hydrogens is 843 g/mol. The Bertz CT molecular complexity index is 1480. The first kappa shape index (κ1) is 56.0. The van der Waals surface area contributed by atoms with Crippen LogP contribution in [0, 0.1) is 23.7 Å². The third-order valence-electron chi connectivity index (χ3n) is 14.8. The summed E-state index contributed by atoms with van der Waals surface area (Å²) in [6.45, 7) is 20.8. The quantitative estimate of drug-likeness (QED) is 0.112. The average Bonchev–Trinajstić information content (AvgIpc) is 3.77. The van der Waals surface area contributed by atoms with Crippen LogP contribution in [-0.2, 0) is 52.3 Å². The zero-order chi connectivity index (χ0) is 48.6. The predicted molar refractivity (Wildman–Crippen MR) is 245 cm³/mol. The number of methoxy groups -OCH3 is 2. The number of likely N-dealkylation sites (N-methyl/N-ethyl adjacent to an activating group) is 1. The first-order chi connectivity index (χ1) is 30.4. The van der Waals surface area contributed by atoms with Gasteiger partial charge in [0.25, 0.3) is 0 Å². The molecule has 17 heteroatoms. The molecule has 0 spiro atoms. The lowest BCUT2D eigenvalue weighted by Crippen LogP contribution is -2.61. The summed E-state index contributed by atoms with van der Waals surface area (Å²) >= 11 is 0. The van der Waals surface area contributed by atoms with Crippen molar-refractivity contribution in [2.24, 2.45) is 28.8 Å². The number of hydrogen-bond acceptors (Lipinski definition) is 17. The molecule has 0 radical (unpaired) electrons. The number of aliphatic hydroxyl groups is 3. The second-order valence-electron chi connectivity index (χ2n) is 20.7. The highest BCUT2D eigenvalue weighted by molar-refractivity contribution is 5.88. The van der Waals surface area contributed by atoms with Crippen LogP contribution < -0.4 is 0 Å². The molecule has 4 saturated heterocycles. The highest BCUT2D eigenvalue weighted by atomic mass is 16.7. The first-order valence-corrected chi connectivity index (χ1v) is 24.2. The zero-order valence-electron chi connectivity index (χ0n) is 42.7. The summed E-state index contributed by atoms with van der Waals surface area (Å²) in [6.07, 6.45) is -4.68. The van der Waals surface area contributed by atoms with E-state index < -0.39 is 102 Å². The van der Waals surface area contributed by atoms with Gasteiger partial charge in [0.2, 0.25) is 0 Å². The number of hydrogen-bond donors (Lipinski definition) is 3. The maximum absolute atomic E-state index is 14.7. The van der Waals surface area contributed by atoms with Gasteiger partial charge in [-0.3, -0.25) is 4.79 Å². The van der Waals surface area contributed by atoms with Crippen molar-refractivity contribution in [3.8, 4) is 0 Å². The van der Waals surface area contributed by atoms with Crippen LogP contribution in [0.1, 0.15) is 114 Å². The van der Waals surface area contributed by atoms with E-state index in [4.69, 9.17) is 47.5 Å². The van der Waals surface area contributed by atoms with E-state index in [0.717, 1.165) is 25.8 Å². The van der Waals surface area contributed by atoms with Crippen LogP contribution in [-0.4, -0.2) is 196 Å². The van der Waals surface area contributed by atoms with Crippen LogP contribution >= 0.6 is 0 Å². The molecular formula is C48H89N3O14. The van der Waals surface area contributed by atoms with Gasteiger partial charge in [-0.25, -0.2) is 0 Å². The van der Waals surface area contributed by atoms with Crippen molar-refractivity contribution in [2.75, 3.05) is 68.8 Å². The zero-order valence-corrected chi connectivity index (χ0v) is 42.7. The van der Waals surface area contributed by atoms with Gasteiger partial charge in [-0.1, -0.05) is 32.9 Å². The van der Waals surface area contributed by atoms with Gasteiger partial charge in [-0.05, 0) is 115 Å². The van der Waals surface area contributed by atoms with Gasteiger partial charge in [0.05, 0.1) is 59.5 Å².